The molecule has 0 aromatic heterocycles. The molecule has 2 aromatic carbocycles. The molecule has 0 saturated carbocycles. The molecule has 130 valence electrons. The van der Waals surface area contributed by atoms with Crippen molar-refractivity contribution in [2.24, 2.45) is 0 Å². The first-order valence-electron chi connectivity index (χ1n) is 7.64. The summed E-state index contributed by atoms with van der Waals surface area (Å²) in [6.07, 6.45) is 1.16. The van der Waals surface area contributed by atoms with Crippen molar-refractivity contribution in [1.82, 2.24) is 0 Å². The molecule has 0 fully saturated rings. The van der Waals surface area contributed by atoms with E-state index in [2.05, 4.69) is 0 Å². The van der Waals surface area contributed by atoms with E-state index in [1.807, 2.05) is 13.8 Å². The molecule has 0 radical (unpaired) electrons. The molecule has 3 nitrogen and oxygen atoms in total. The Labute approximate surface area is 152 Å². The van der Waals surface area contributed by atoms with Gasteiger partial charge in [-0.2, -0.15) is 0 Å². The highest BCUT2D eigenvalue weighted by Gasteiger charge is 2.39. The quantitative estimate of drug-likeness (QED) is 0.750. The first-order chi connectivity index (χ1) is 11.6. The fraction of sp³-hybridized carbons (Fsp3) is 0.211. The molecule has 0 N–H and O–H groups in total. The van der Waals surface area contributed by atoms with Gasteiger partial charge in [0.1, 0.15) is 17.2 Å². The van der Waals surface area contributed by atoms with E-state index >= 15 is 0 Å². The van der Waals surface area contributed by atoms with Crippen molar-refractivity contribution in [1.29, 1.82) is 0 Å². The lowest BCUT2D eigenvalue weighted by Crippen LogP contribution is -2.27. The summed E-state index contributed by atoms with van der Waals surface area (Å²) in [4.78, 5) is 0.810. The van der Waals surface area contributed by atoms with E-state index in [9.17, 15) is 12.8 Å². The molecule has 6 heteroatoms. The third-order valence-electron chi connectivity index (χ3n) is 4.02. The van der Waals surface area contributed by atoms with E-state index in [0.717, 1.165) is 6.26 Å². The Kier molecular flexibility index (Phi) is 4.29. The molecule has 1 heterocycles. The van der Waals surface area contributed by atoms with E-state index in [1.165, 1.54) is 24.3 Å². The molecule has 0 saturated heterocycles. The standard InChI is InChI=1S/C19H17FO3S2/c1-19(2)18(24)16(13-5-4-6-14(20)11-13)17(23-19)12-7-9-15(10-8-12)25(3,21)22/h4-11H,1-3H3. The summed E-state index contributed by atoms with van der Waals surface area (Å²) in [5.74, 6) is 0.171. The number of thiocarbonyl (C=S) groups is 1. The minimum absolute atomic E-state index is 0.226. The van der Waals surface area contributed by atoms with Crippen LogP contribution in [-0.4, -0.2) is 25.1 Å². The summed E-state index contributed by atoms with van der Waals surface area (Å²) in [7, 11) is -3.28. The third kappa shape index (κ3) is 3.37. The number of benzene rings is 2. The van der Waals surface area contributed by atoms with Crippen LogP contribution in [0, 0.1) is 5.82 Å². The normalized spacial score (nSPS) is 16.9. The topological polar surface area (TPSA) is 43.4 Å². The molecule has 0 spiro atoms. The molecule has 1 aliphatic heterocycles. The molecule has 25 heavy (non-hydrogen) atoms. The van der Waals surface area contributed by atoms with Crippen molar-refractivity contribution in [3.8, 4) is 0 Å². The summed E-state index contributed by atoms with van der Waals surface area (Å²) >= 11 is 5.56. The summed E-state index contributed by atoms with van der Waals surface area (Å²) in [5, 5.41) is 0. The molecule has 0 atom stereocenters. The maximum Gasteiger partial charge on any atom is 0.175 e. The van der Waals surface area contributed by atoms with Crippen molar-refractivity contribution in [3.63, 3.8) is 0 Å². The van der Waals surface area contributed by atoms with Crippen LogP contribution in [0.4, 0.5) is 4.39 Å². The summed E-state index contributed by atoms with van der Waals surface area (Å²) < 4.78 is 43.0. The Balaban J connectivity index is 2.17. The number of ether oxygens (including phenoxy) is 1. The molecule has 3 rings (SSSR count). The van der Waals surface area contributed by atoms with Gasteiger partial charge in [-0.15, -0.1) is 0 Å². The van der Waals surface area contributed by atoms with E-state index in [1.54, 1.807) is 24.3 Å². The zero-order chi connectivity index (χ0) is 18.4. The second-order valence-electron chi connectivity index (χ2n) is 6.45. The van der Waals surface area contributed by atoms with Gasteiger partial charge in [0, 0.05) is 17.4 Å². The van der Waals surface area contributed by atoms with Crippen LogP contribution in [-0.2, 0) is 14.6 Å². The van der Waals surface area contributed by atoms with Gasteiger partial charge in [0.15, 0.2) is 9.84 Å². The number of rotatable bonds is 3. The van der Waals surface area contributed by atoms with Crippen molar-refractivity contribution in [2.45, 2.75) is 24.3 Å². The summed E-state index contributed by atoms with van der Waals surface area (Å²) in [6, 6.07) is 12.6. The first-order valence-corrected chi connectivity index (χ1v) is 9.94. The minimum atomic E-state index is -3.28. The van der Waals surface area contributed by atoms with Crippen LogP contribution in [0.25, 0.3) is 11.3 Å². The monoisotopic (exact) mass is 376 g/mol. The van der Waals surface area contributed by atoms with E-state index in [0.29, 0.717) is 27.3 Å². The number of sulfone groups is 1. The van der Waals surface area contributed by atoms with Crippen LogP contribution < -0.4 is 0 Å². The number of hydrogen-bond donors (Lipinski definition) is 0. The second-order valence-corrected chi connectivity index (χ2v) is 8.88. The van der Waals surface area contributed by atoms with Crippen LogP contribution >= 0.6 is 12.2 Å². The first kappa shape index (κ1) is 17.8. The zero-order valence-corrected chi connectivity index (χ0v) is 15.7. The Morgan fingerprint density at radius 3 is 2.24 bits per heavy atom. The fourth-order valence-corrected chi connectivity index (χ4v) is 3.60. The molecule has 0 bridgehead atoms. The Morgan fingerprint density at radius 1 is 1.04 bits per heavy atom. The smallest absolute Gasteiger partial charge is 0.175 e. The SMILES string of the molecule is CC1(C)OC(c2ccc(S(C)(=O)=O)cc2)=C(c2cccc(F)c2)C1=S. The van der Waals surface area contributed by atoms with Gasteiger partial charge in [0.2, 0.25) is 0 Å². The zero-order valence-electron chi connectivity index (χ0n) is 14.0. The van der Waals surface area contributed by atoms with E-state index in [4.69, 9.17) is 17.0 Å². The average molecular weight is 376 g/mol. The van der Waals surface area contributed by atoms with Gasteiger partial charge in [0.25, 0.3) is 0 Å². The molecular formula is C19H17FO3S2. The number of halogens is 1. The van der Waals surface area contributed by atoms with Gasteiger partial charge in [0.05, 0.1) is 9.76 Å². The highest BCUT2D eigenvalue weighted by molar-refractivity contribution is 7.90. The average Bonchev–Trinajstić information content (AvgIpc) is 2.77. The molecule has 0 amide bonds. The van der Waals surface area contributed by atoms with Crippen LogP contribution in [0.3, 0.4) is 0 Å². The van der Waals surface area contributed by atoms with Crippen molar-refractivity contribution >= 4 is 38.3 Å². The largest absolute Gasteiger partial charge is 0.481 e. The Morgan fingerprint density at radius 2 is 1.68 bits per heavy atom. The molecule has 2 aromatic rings. The van der Waals surface area contributed by atoms with Gasteiger partial charge in [-0.3, -0.25) is 0 Å². The summed E-state index contributed by atoms with van der Waals surface area (Å²) in [5.41, 5.74) is 1.28. The lowest BCUT2D eigenvalue weighted by molar-refractivity contribution is 0.160. The van der Waals surface area contributed by atoms with Gasteiger partial charge >= 0.3 is 0 Å². The molecule has 0 unspecified atom stereocenters. The van der Waals surface area contributed by atoms with Crippen LogP contribution in [0.1, 0.15) is 25.0 Å². The summed E-state index contributed by atoms with van der Waals surface area (Å²) in [6.45, 7) is 3.71. The van der Waals surface area contributed by atoms with Gasteiger partial charge in [-0.1, -0.05) is 24.4 Å². The fourth-order valence-electron chi connectivity index (χ4n) is 2.72. The van der Waals surface area contributed by atoms with Crippen molar-refractivity contribution in [3.05, 3.63) is 65.5 Å². The third-order valence-corrected chi connectivity index (χ3v) is 5.84. The molecule has 0 aliphatic carbocycles. The van der Waals surface area contributed by atoms with Crippen molar-refractivity contribution < 1.29 is 17.5 Å². The lowest BCUT2D eigenvalue weighted by Gasteiger charge is -2.20. The van der Waals surface area contributed by atoms with Crippen LogP contribution in [0.15, 0.2) is 53.4 Å². The van der Waals surface area contributed by atoms with Crippen molar-refractivity contribution in [2.75, 3.05) is 6.26 Å². The predicted molar refractivity (Wildman–Crippen MR) is 101 cm³/mol. The minimum Gasteiger partial charge on any atom is -0.481 e. The number of hydrogen-bond acceptors (Lipinski definition) is 4. The Hall–Kier alpha value is -2.05. The highest BCUT2D eigenvalue weighted by atomic mass is 32.2. The highest BCUT2D eigenvalue weighted by Crippen LogP contribution is 2.42. The van der Waals surface area contributed by atoms with Crippen LogP contribution in [0.5, 0.6) is 0 Å². The van der Waals surface area contributed by atoms with Gasteiger partial charge < -0.3 is 4.74 Å². The lowest BCUT2D eigenvalue weighted by atomic mass is 9.94. The van der Waals surface area contributed by atoms with Gasteiger partial charge in [-0.25, -0.2) is 12.8 Å². The van der Waals surface area contributed by atoms with E-state index in [-0.39, 0.29) is 10.7 Å². The Bertz CT molecular complexity index is 988. The molecule has 1 aliphatic rings. The van der Waals surface area contributed by atoms with Crippen LogP contribution in [0.2, 0.25) is 0 Å². The second kappa shape index (κ2) is 6.04. The van der Waals surface area contributed by atoms with Gasteiger partial charge in [-0.05, 0) is 55.8 Å². The molecular weight excluding hydrogens is 359 g/mol. The maximum absolute atomic E-state index is 13.7. The maximum atomic E-state index is 13.7. The predicted octanol–water partition coefficient (Wildman–Crippen LogP) is 4.28. The van der Waals surface area contributed by atoms with E-state index < -0.39 is 15.4 Å².